The zero-order chi connectivity index (χ0) is 9.84. The quantitative estimate of drug-likeness (QED) is 0.724. The average Bonchev–Trinajstić information content (AvgIpc) is 2.03. The fraction of sp³-hybridized carbons (Fsp3) is 0.250. The van der Waals surface area contributed by atoms with Crippen LogP contribution in [0.3, 0.4) is 0 Å². The molecule has 0 aromatic carbocycles. The Morgan fingerprint density at radius 2 is 2.46 bits per heavy atom. The molecule has 0 bridgehead atoms. The number of hydrogen-bond donors (Lipinski definition) is 2. The summed E-state index contributed by atoms with van der Waals surface area (Å²) >= 11 is 0. The van der Waals surface area contributed by atoms with Gasteiger partial charge in [-0.1, -0.05) is 0 Å². The molecule has 0 amide bonds. The van der Waals surface area contributed by atoms with Crippen molar-refractivity contribution < 1.29 is 14.3 Å². The van der Waals surface area contributed by atoms with Gasteiger partial charge in [-0.25, -0.2) is 4.39 Å². The molecule has 5 heteroatoms. The summed E-state index contributed by atoms with van der Waals surface area (Å²) in [5.41, 5.74) is 5.63. The lowest BCUT2D eigenvalue weighted by Gasteiger charge is -2.08. The Morgan fingerprint density at radius 1 is 1.77 bits per heavy atom. The first-order valence-electron chi connectivity index (χ1n) is 3.68. The topological polar surface area (TPSA) is 76.2 Å². The first kappa shape index (κ1) is 9.60. The van der Waals surface area contributed by atoms with Crippen molar-refractivity contribution in [2.45, 2.75) is 12.5 Å². The van der Waals surface area contributed by atoms with E-state index in [1.165, 1.54) is 12.3 Å². The average molecular weight is 184 g/mol. The fourth-order valence-corrected chi connectivity index (χ4v) is 0.985. The van der Waals surface area contributed by atoms with E-state index in [4.69, 9.17) is 10.8 Å². The van der Waals surface area contributed by atoms with Crippen LogP contribution in [0, 0.1) is 5.82 Å². The molecule has 0 unspecified atom stereocenters. The van der Waals surface area contributed by atoms with Gasteiger partial charge in [-0.15, -0.1) is 0 Å². The van der Waals surface area contributed by atoms with E-state index in [0.29, 0.717) is 0 Å². The van der Waals surface area contributed by atoms with Gasteiger partial charge in [0.05, 0.1) is 12.6 Å². The molecule has 13 heavy (non-hydrogen) atoms. The molecule has 1 atom stereocenters. The largest absolute Gasteiger partial charge is 0.481 e. The Balaban J connectivity index is 2.82. The number of halogens is 1. The molecule has 1 aromatic rings. The molecule has 1 aromatic heterocycles. The van der Waals surface area contributed by atoms with Crippen molar-refractivity contribution >= 4 is 5.97 Å². The minimum Gasteiger partial charge on any atom is -0.481 e. The van der Waals surface area contributed by atoms with Gasteiger partial charge in [-0.05, 0) is 6.07 Å². The van der Waals surface area contributed by atoms with Crippen LogP contribution in [0.25, 0.3) is 0 Å². The molecular weight excluding hydrogens is 175 g/mol. The lowest BCUT2D eigenvalue weighted by Crippen LogP contribution is -2.16. The maximum Gasteiger partial charge on any atom is 0.305 e. The zero-order valence-electron chi connectivity index (χ0n) is 6.77. The third-order valence-electron chi connectivity index (χ3n) is 1.60. The number of carboxylic acids is 1. The van der Waals surface area contributed by atoms with Crippen molar-refractivity contribution in [2.24, 2.45) is 5.73 Å². The van der Waals surface area contributed by atoms with E-state index >= 15 is 0 Å². The molecule has 1 rings (SSSR count). The maximum atomic E-state index is 13.0. The highest BCUT2D eigenvalue weighted by Gasteiger charge is 2.13. The van der Waals surface area contributed by atoms with Crippen molar-refractivity contribution in [1.29, 1.82) is 0 Å². The summed E-state index contributed by atoms with van der Waals surface area (Å²) < 4.78 is 13.0. The molecule has 0 aliphatic carbocycles. The predicted octanol–water partition coefficient (Wildman–Crippen LogP) is 0.695. The Morgan fingerprint density at radius 3 is 3.00 bits per heavy atom. The van der Waals surface area contributed by atoms with Crippen LogP contribution in [-0.2, 0) is 4.79 Å². The summed E-state index contributed by atoms with van der Waals surface area (Å²) in [6, 6.07) is 0.559. The van der Waals surface area contributed by atoms with Crippen LogP contribution in [0.15, 0.2) is 18.5 Å². The number of hydrogen-bond acceptors (Lipinski definition) is 3. The molecule has 0 saturated carbocycles. The van der Waals surface area contributed by atoms with Gasteiger partial charge in [-0.2, -0.15) is 0 Å². The highest BCUT2D eigenvalue weighted by molar-refractivity contribution is 5.67. The first-order chi connectivity index (χ1) is 6.11. The lowest BCUT2D eigenvalue weighted by atomic mass is 10.1. The standard InChI is InChI=1S/C8H9FN2O2/c9-6-4-11-2-1-5(6)7(10)3-8(12)13/h1-2,4,7H,3,10H2,(H,12,13)/t7-/m0/s1. The van der Waals surface area contributed by atoms with E-state index in [0.717, 1.165) is 6.20 Å². The van der Waals surface area contributed by atoms with Gasteiger partial charge < -0.3 is 10.8 Å². The van der Waals surface area contributed by atoms with Gasteiger partial charge in [0.15, 0.2) is 0 Å². The van der Waals surface area contributed by atoms with E-state index in [1.54, 1.807) is 0 Å². The maximum absolute atomic E-state index is 13.0. The number of carboxylic acid groups (broad SMARTS) is 1. The highest BCUT2D eigenvalue weighted by atomic mass is 19.1. The smallest absolute Gasteiger partial charge is 0.305 e. The monoisotopic (exact) mass is 184 g/mol. The minimum absolute atomic E-state index is 0.178. The molecule has 0 radical (unpaired) electrons. The molecule has 0 aliphatic rings. The third kappa shape index (κ3) is 2.48. The number of aromatic nitrogens is 1. The van der Waals surface area contributed by atoms with E-state index in [2.05, 4.69) is 4.98 Å². The minimum atomic E-state index is -1.05. The van der Waals surface area contributed by atoms with Crippen LogP contribution in [-0.4, -0.2) is 16.1 Å². The summed E-state index contributed by atoms with van der Waals surface area (Å²) in [5.74, 6) is -1.63. The number of nitrogens with zero attached hydrogens (tertiary/aromatic N) is 1. The van der Waals surface area contributed by atoms with Crippen LogP contribution < -0.4 is 5.73 Å². The van der Waals surface area contributed by atoms with Crippen molar-refractivity contribution in [2.75, 3.05) is 0 Å². The fourth-order valence-electron chi connectivity index (χ4n) is 0.985. The predicted molar refractivity (Wildman–Crippen MR) is 43.4 cm³/mol. The molecule has 70 valence electrons. The molecule has 1 heterocycles. The van der Waals surface area contributed by atoms with Gasteiger partial charge in [0.25, 0.3) is 0 Å². The van der Waals surface area contributed by atoms with Crippen LogP contribution >= 0.6 is 0 Å². The molecule has 4 nitrogen and oxygen atoms in total. The van der Waals surface area contributed by atoms with Crippen LogP contribution in [0.1, 0.15) is 18.0 Å². The van der Waals surface area contributed by atoms with Gasteiger partial charge in [0, 0.05) is 17.8 Å². The van der Waals surface area contributed by atoms with Crippen molar-refractivity contribution in [3.8, 4) is 0 Å². The van der Waals surface area contributed by atoms with E-state index in [9.17, 15) is 9.18 Å². The Bertz CT molecular complexity index is 317. The molecule has 0 aliphatic heterocycles. The molecular formula is C8H9FN2O2. The van der Waals surface area contributed by atoms with Crippen molar-refractivity contribution in [3.63, 3.8) is 0 Å². The number of aliphatic carboxylic acids is 1. The molecule has 0 saturated heterocycles. The second-order valence-corrected chi connectivity index (χ2v) is 2.60. The Kier molecular flexibility index (Phi) is 2.92. The van der Waals surface area contributed by atoms with Crippen LogP contribution in [0.2, 0.25) is 0 Å². The lowest BCUT2D eigenvalue weighted by molar-refractivity contribution is -0.137. The summed E-state index contributed by atoms with van der Waals surface area (Å²) in [5, 5.41) is 8.42. The summed E-state index contributed by atoms with van der Waals surface area (Å²) in [4.78, 5) is 13.8. The van der Waals surface area contributed by atoms with Crippen molar-refractivity contribution in [1.82, 2.24) is 4.98 Å². The Hall–Kier alpha value is -1.49. The van der Waals surface area contributed by atoms with Gasteiger partial charge in [-0.3, -0.25) is 9.78 Å². The Labute approximate surface area is 74.2 Å². The number of nitrogens with two attached hydrogens (primary N) is 1. The molecule has 0 spiro atoms. The highest BCUT2D eigenvalue weighted by Crippen LogP contribution is 2.15. The van der Waals surface area contributed by atoms with Crippen LogP contribution in [0.5, 0.6) is 0 Å². The molecule has 0 fully saturated rings. The van der Waals surface area contributed by atoms with E-state index < -0.39 is 17.8 Å². The second-order valence-electron chi connectivity index (χ2n) is 2.60. The van der Waals surface area contributed by atoms with Gasteiger partial charge in [0.2, 0.25) is 0 Å². The first-order valence-corrected chi connectivity index (χ1v) is 3.68. The van der Waals surface area contributed by atoms with Gasteiger partial charge in [0.1, 0.15) is 5.82 Å². The van der Waals surface area contributed by atoms with Gasteiger partial charge >= 0.3 is 5.97 Å². The number of carbonyl (C=O) groups is 1. The summed E-state index contributed by atoms with van der Waals surface area (Å²) in [6.45, 7) is 0. The number of pyridine rings is 1. The number of rotatable bonds is 3. The SMILES string of the molecule is N[C@@H](CC(=O)O)c1ccncc1F. The van der Waals surface area contributed by atoms with Crippen LogP contribution in [0.4, 0.5) is 4.39 Å². The third-order valence-corrected chi connectivity index (χ3v) is 1.60. The van der Waals surface area contributed by atoms with Crippen molar-refractivity contribution in [3.05, 3.63) is 29.8 Å². The summed E-state index contributed by atoms with van der Waals surface area (Å²) in [6.07, 6.45) is 2.10. The second kappa shape index (κ2) is 3.95. The van der Waals surface area contributed by atoms with E-state index in [1.807, 2.05) is 0 Å². The molecule has 3 N–H and O–H groups in total. The normalized spacial score (nSPS) is 12.5. The zero-order valence-corrected chi connectivity index (χ0v) is 6.77. The van der Waals surface area contributed by atoms with E-state index in [-0.39, 0.29) is 12.0 Å². The summed E-state index contributed by atoms with van der Waals surface area (Å²) in [7, 11) is 0.